The number of hydrogen-bond donors (Lipinski definition) is 1. The van der Waals surface area contributed by atoms with Crippen LogP contribution in [-0.4, -0.2) is 85.3 Å². The van der Waals surface area contributed by atoms with Gasteiger partial charge in [0.25, 0.3) is 5.91 Å². The highest BCUT2D eigenvalue weighted by atomic mass is 19.1. The van der Waals surface area contributed by atoms with Crippen LogP contribution in [0.4, 0.5) is 10.2 Å². The van der Waals surface area contributed by atoms with E-state index >= 15 is 0 Å². The molecule has 3 aliphatic rings. The molecular weight excluding hydrogens is 393 g/mol. The van der Waals surface area contributed by atoms with E-state index in [4.69, 9.17) is 0 Å². The SMILES string of the molecule is CCC(CF)N1CCC(N2CCCN(c3cccc(C(=O)NCC4CC4)n3)CC2)CC1. The Balaban J connectivity index is 1.29. The molecule has 1 unspecified atom stereocenters. The number of alkyl halides is 1. The van der Waals surface area contributed by atoms with Crippen LogP contribution in [0.3, 0.4) is 0 Å². The van der Waals surface area contributed by atoms with Gasteiger partial charge in [-0.1, -0.05) is 13.0 Å². The van der Waals surface area contributed by atoms with Gasteiger partial charge >= 0.3 is 0 Å². The molecule has 0 aromatic carbocycles. The van der Waals surface area contributed by atoms with Gasteiger partial charge in [0.05, 0.1) is 0 Å². The van der Waals surface area contributed by atoms with Crippen molar-refractivity contribution in [3.63, 3.8) is 0 Å². The Kier molecular flexibility index (Phi) is 7.77. The topological polar surface area (TPSA) is 51.7 Å². The van der Waals surface area contributed by atoms with E-state index in [1.807, 2.05) is 18.2 Å². The molecule has 3 heterocycles. The Labute approximate surface area is 186 Å². The van der Waals surface area contributed by atoms with Crippen LogP contribution >= 0.6 is 0 Å². The van der Waals surface area contributed by atoms with Crippen molar-refractivity contribution in [3.05, 3.63) is 23.9 Å². The number of hydrogen-bond acceptors (Lipinski definition) is 5. The normalized spacial score (nSPS) is 22.8. The molecule has 2 aliphatic heterocycles. The van der Waals surface area contributed by atoms with Gasteiger partial charge < -0.3 is 10.2 Å². The maximum Gasteiger partial charge on any atom is 0.269 e. The molecule has 6 nitrogen and oxygen atoms in total. The second-order valence-electron chi connectivity index (χ2n) is 9.39. The number of carbonyl (C=O) groups excluding carboxylic acids is 1. The smallest absolute Gasteiger partial charge is 0.269 e. The van der Waals surface area contributed by atoms with Crippen LogP contribution in [0.25, 0.3) is 0 Å². The fourth-order valence-electron chi connectivity index (χ4n) is 4.99. The van der Waals surface area contributed by atoms with Gasteiger partial charge in [-0.15, -0.1) is 0 Å². The lowest BCUT2D eigenvalue weighted by Gasteiger charge is -2.40. The monoisotopic (exact) mass is 431 g/mol. The predicted octanol–water partition coefficient (Wildman–Crippen LogP) is 2.95. The molecule has 2 saturated heterocycles. The molecule has 1 saturated carbocycles. The minimum Gasteiger partial charge on any atom is -0.355 e. The molecule has 3 fully saturated rings. The van der Waals surface area contributed by atoms with Gasteiger partial charge in [0.1, 0.15) is 18.2 Å². The summed E-state index contributed by atoms with van der Waals surface area (Å²) in [7, 11) is 0. The first-order chi connectivity index (χ1) is 15.2. The third kappa shape index (κ3) is 5.95. The molecule has 1 amide bonds. The van der Waals surface area contributed by atoms with Gasteiger partial charge in [0.15, 0.2) is 0 Å². The van der Waals surface area contributed by atoms with Gasteiger partial charge in [0.2, 0.25) is 0 Å². The standard InChI is InChI=1S/C24H38FN5O/c1-2-20(17-25)29-13-9-21(10-14-29)28-11-4-12-30(16-15-28)23-6-3-5-22(27-23)24(31)26-18-19-7-8-19/h3,5-6,19-21H,2,4,7-18H2,1H3,(H,26,31). The summed E-state index contributed by atoms with van der Waals surface area (Å²) in [5.41, 5.74) is 0.518. The number of piperidine rings is 1. The number of anilines is 1. The van der Waals surface area contributed by atoms with Crippen molar-refractivity contribution in [1.29, 1.82) is 0 Å². The van der Waals surface area contributed by atoms with E-state index in [1.54, 1.807) is 0 Å². The average Bonchev–Trinajstić information content (AvgIpc) is 3.66. The molecule has 172 valence electrons. The minimum absolute atomic E-state index is 0.0596. The Hall–Kier alpha value is -1.73. The summed E-state index contributed by atoms with van der Waals surface area (Å²) in [4.78, 5) is 24.4. The first kappa shape index (κ1) is 22.5. The van der Waals surface area contributed by atoms with Crippen molar-refractivity contribution in [2.24, 2.45) is 5.92 Å². The second kappa shape index (κ2) is 10.7. The molecule has 0 bridgehead atoms. The molecule has 1 N–H and O–H groups in total. The molecule has 1 aliphatic carbocycles. The molecule has 7 heteroatoms. The summed E-state index contributed by atoms with van der Waals surface area (Å²) in [6, 6.07) is 6.47. The zero-order chi connectivity index (χ0) is 21.6. The van der Waals surface area contributed by atoms with Crippen LogP contribution in [0, 0.1) is 5.92 Å². The molecule has 1 atom stereocenters. The average molecular weight is 432 g/mol. The Morgan fingerprint density at radius 2 is 1.94 bits per heavy atom. The van der Waals surface area contributed by atoms with Crippen molar-refractivity contribution in [2.45, 2.75) is 57.5 Å². The first-order valence-electron chi connectivity index (χ1n) is 12.2. The Morgan fingerprint density at radius 1 is 1.13 bits per heavy atom. The summed E-state index contributed by atoms with van der Waals surface area (Å²) in [6.07, 6.45) is 6.71. The predicted molar refractivity (Wildman–Crippen MR) is 122 cm³/mol. The van der Waals surface area contributed by atoms with Crippen LogP contribution in [0.2, 0.25) is 0 Å². The molecule has 1 aromatic heterocycles. The number of carbonyl (C=O) groups is 1. The van der Waals surface area contributed by atoms with E-state index in [-0.39, 0.29) is 18.6 Å². The van der Waals surface area contributed by atoms with Crippen molar-refractivity contribution in [2.75, 3.05) is 57.4 Å². The minimum atomic E-state index is -0.232. The van der Waals surface area contributed by atoms with Crippen molar-refractivity contribution < 1.29 is 9.18 Å². The first-order valence-corrected chi connectivity index (χ1v) is 12.2. The van der Waals surface area contributed by atoms with E-state index in [0.717, 1.165) is 77.3 Å². The summed E-state index contributed by atoms with van der Waals surface area (Å²) >= 11 is 0. The number of nitrogens with one attached hydrogen (secondary N) is 1. The second-order valence-corrected chi connectivity index (χ2v) is 9.39. The van der Waals surface area contributed by atoms with Gasteiger partial charge in [-0.2, -0.15) is 0 Å². The maximum absolute atomic E-state index is 13.2. The third-order valence-corrected chi connectivity index (χ3v) is 7.25. The van der Waals surface area contributed by atoms with Crippen LogP contribution in [0.5, 0.6) is 0 Å². The number of rotatable bonds is 8. The fourth-order valence-corrected chi connectivity index (χ4v) is 4.99. The van der Waals surface area contributed by atoms with Gasteiger partial charge in [-0.3, -0.25) is 14.6 Å². The lowest BCUT2D eigenvalue weighted by Crippen LogP contribution is -2.49. The fraction of sp³-hybridized carbons (Fsp3) is 0.750. The van der Waals surface area contributed by atoms with Gasteiger partial charge in [-0.05, 0) is 56.6 Å². The van der Waals surface area contributed by atoms with E-state index in [1.165, 1.54) is 12.8 Å². The highest BCUT2D eigenvalue weighted by Crippen LogP contribution is 2.27. The van der Waals surface area contributed by atoms with Crippen molar-refractivity contribution in [3.8, 4) is 0 Å². The molecule has 31 heavy (non-hydrogen) atoms. The Morgan fingerprint density at radius 3 is 2.65 bits per heavy atom. The number of nitrogens with zero attached hydrogens (tertiary/aromatic N) is 4. The molecule has 1 aromatic rings. The van der Waals surface area contributed by atoms with Crippen LogP contribution < -0.4 is 10.2 Å². The zero-order valence-electron chi connectivity index (χ0n) is 18.9. The lowest BCUT2D eigenvalue weighted by molar-refractivity contribution is 0.0759. The summed E-state index contributed by atoms with van der Waals surface area (Å²) in [6.45, 7) is 8.65. The molecule has 0 spiro atoms. The summed E-state index contributed by atoms with van der Waals surface area (Å²) in [5.74, 6) is 1.51. The van der Waals surface area contributed by atoms with Crippen LogP contribution in [0.1, 0.15) is 55.9 Å². The van der Waals surface area contributed by atoms with E-state index in [9.17, 15) is 9.18 Å². The van der Waals surface area contributed by atoms with E-state index < -0.39 is 0 Å². The van der Waals surface area contributed by atoms with Gasteiger partial charge in [0, 0.05) is 57.9 Å². The van der Waals surface area contributed by atoms with E-state index in [2.05, 4.69) is 31.9 Å². The third-order valence-electron chi connectivity index (χ3n) is 7.25. The highest BCUT2D eigenvalue weighted by Gasteiger charge is 2.29. The lowest BCUT2D eigenvalue weighted by atomic mass is 10.0. The van der Waals surface area contributed by atoms with Gasteiger partial charge in [-0.25, -0.2) is 9.37 Å². The van der Waals surface area contributed by atoms with Crippen molar-refractivity contribution >= 4 is 11.7 Å². The quantitative estimate of drug-likeness (QED) is 0.686. The summed E-state index contributed by atoms with van der Waals surface area (Å²) in [5, 5.41) is 3.02. The van der Waals surface area contributed by atoms with E-state index in [0.29, 0.717) is 17.7 Å². The molecule has 4 rings (SSSR count). The number of amides is 1. The zero-order valence-corrected chi connectivity index (χ0v) is 18.9. The number of likely N-dealkylation sites (tertiary alicyclic amines) is 1. The maximum atomic E-state index is 13.2. The largest absolute Gasteiger partial charge is 0.355 e. The van der Waals surface area contributed by atoms with Crippen LogP contribution in [-0.2, 0) is 0 Å². The van der Waals surface area contributed by atoms with Crippen molar-refractivity contribution in [1.82, 2.24) is 20.1 Å². The van der Waals surface area contributed by atoms with Crippen LogP contribution in [0.15, 0.2) is 18.2 Å². The number of halogens is 1. The summed E-state index contributed by atoms with van der Waals surface area (Å²) < 4.78 is 13.2. The number of aromatic nitrogens is 1. The highest BCUT2D eigenvalue weighted by molar-refractivity contribution is 5.92. The molecule has 0 radical (unpaired) electrons. The number of pyridine rings is 1. The molecular formula is C24H38FN5O. The Bertz CT molecular complexity index is 716.